The first-order chi connectivity index (χ1) is 12.0. The van der Waals surface area contributed by atoms with Gasteiger partial charge in [-0.3, -0.25) is 0 Å². The van der Waals surface area contributed by atoms with E-state index in [1.807, 2.05) is 19.9 Å². The van der Waals surface area contributed by atoms with Gasteiger partial charge >= 0.3 is 12.1 Å². The topological polar surface area (TPSA) is 85.7 Å². The van der Waals surface area contributed by atoms with Crippen LogP contribution in [0.15, 0.2) is 24.3 Å². The van der Waals surface area contributed by atoms with E-state index in [1.165, 1.54) is 0 Å². The van der Waals surface area contributed by atoms with Crippen LogP contribution in [-0.4, -0.2) is 54.7 Å². The summed E-state index contributed by atoms with van der Waals surface area (Å²) in [5.74, 6) is 0.297. The van der Waals surface area contributed by atoms with Gasteiger partial charge in [0.25, 0.3) is 0 Å². The molecule has 134 valence electrons. The standard InChI is InChI=1S/C18H24N4O3/c1-14(2)13-25-18(24)22-9-3-8-21(10-11-22)17(23)20-16-6-4-15(12-19)5-7-16/h4-7,14H,3,8-11,13H2,1-2H3,(H,20,23). The summed E-state index contributed by atoms with van der Waals surface area (Å²) >= 11 is 0. The van der Waals surface area contributed by atoms with Crippen LogP contribution in [0, 0.1) is 17.2 Å². The lowest BCUT2D eigenvalue weighted by Crippen LogP contribution is -2.39. The number of carbonyl (C=O) groups is 2. The van der Waals surface area contributed by atoms with Crippen molar-refractivity contribution in [3.63, 3.8) is 0 Å². The minimum atomic E-state index is -0.317. The lowest BCUT2D eigenvalue weighted by atomic mass is 10.2. The molecule has 25 heavy (non-hydrogen) atoms. The van der Waals surface area contributed by atoms with Gasteiger partial charge in [-0.05, 0) is 36.6 Å². The van der Waals surface area contributed by atoms with Crippen LogP contribution in [0.25, 0.3) is 0 Å². The van der Waals surface area contributed by atoms with Gasteiger partial charge in [-0.1, -0.05) is 13.8 Å². The molecule has 1 aliphatic heterocycles. The average Bonchev–Trinajstić information content (AvgIpc) is 2.86. The maximum absolute atomic E-state index is 12.4. The van der Waals surface area contributed by atoms with Crippen molar-refractivity contribution in [3.05, 3.63) is 29.8 Å². The Kier molecular flexibility index (Phi) is 6.63. The maximum atomic E-state index is 12.4. The molecule has 1 heterocycles. The van der Waals surface area contributed by atoms with Crippen molar-refractivity contribution in [2.45, 2.75) is 20.3 Å². The van der Waals surface area contributed by atoms with E-state index in [4.69, 9.17) is 10.00 Å². The van der Waals surface area contributed by atoms with E-state index in [-0.39, 0.29) is 12.1 Å². The molecule has 2 rings (SSSR count). The third kappa shape index (κ3) is 5.68. The van der Waals surface area contributed by atoms with Crippen molar-refractivity contribution >= 4 is 17.8 Å². The number of ether oxygens (including phenoxy) is 1. The largest absolute Gasteiger partial charge is 0.449 e. The second-order valence-electron chi connectivity index (χ2n) is 6.42. The molecule has 0 radical (unpaired) electrons. The van der Waals surface area contributed by atoms with Crippen molar-refractivity contribution < 1.29 is 14.3 Å². The van der Waals surface area contributed by atoms with E-state index in [0.717, 1.165) is 0 Å². The van der Waals surface area contributed by atoms with Crippen LogP contribution < -0.4 is 5.32 Å². The zero-order chi connectivity index (χ0) is 18.2. The zero-order valence-corrected chi connectivity index (χ0v) is 14.7. The lowest BCUT2D eigenvalue weighted by Gasteiger charge is -2.22. The summed E-state index contributed by atoms with van der Waals surface area (Å²) in [6, 6.07) is 8.54. The van der Waals surface area contributed by atoms with Gasteiger partial charge in [0.15, 0.2) is 0 Å². The molecule has 0 unspecified atom stereocenters. The molecule has 0 aromatic heterocycles. The van der Waals surface area contributed by atoms with Gasteiger partial charge in [0.05, 0.1) is 18.2 Å². The molecule has 1 aliphatic rings. The molecule has 7 heteroatoms. The second-order valence-corrected chi connectivity index (χ2v) is 6.42. The molecule has 0 saturated carbocycles. The molecule has 0 atom stereocenters. The first-order valence-electron chi connectivity index (χ1n) is 8.47. The molecule has 1 N–H and O–H groups in total. The van der Waals surface area contributed by atoms with Crippen molar-refractivity contribution in [3.8, 4) is 6.07 Å². The Hall–Kier alpha value is -2.75. The van der Waals surface area contributed by atoms with Crippen molar-refractivity contribution in [1.82, 2.24) is 9.80 Å². The fourth-order valence-electron chi connectivity index (χ4n) is 2.46. The van der Waals surface area contributed by atoms with E-state index in [1.54, 1.807) is 34.1 Å². The normalized spacial score (nSPS) is 14.6. The molecule has 1 saturated heterocycles. The van der Waals surface area contributed by atoms with Gasteiger partial charge in [-0.15, -0.1) is 0 Å². The smallest absolute Gasteiger partial charge is 0.409 e. The summed E-state index contributed by atoms with van der Waals surface area (Å²) in [6.45, 7) is 6.46. The second kappa shape index (κ2) is 8.92. The first-order valence-corrected chi connectivity index (χ1v) is 8.47. The number of hydrogen-bond acceptors (Lipinski definition) is 4. The van der Waals surface area contributed by atoms with Gasteiger partial charge in [0.2, 0.25) is 0 Å². The monoisotopic (exact) mass is 344 g/mol. The predicted molar refractivity (Wildman–Crippen MR) is 94.1 cm³/mol. The van der Waals surface area contributed by atoms with Gasteiger partial charge in [-0.2, -0.15) is 5.26 Å². The molecule has 1 aromatic rings. The summed E-state index contributed by atoms with van der Waals surface area (Å²) < 4.78 is 5.25. The molecule has 3 amide bonds. The van der Waals surface area contributed by atoms with Crippen molar-refractivity contribution in [2.75, 3.05) is 38.1 Å². The molecular weight excluding hydrogens is 320 g/mol. The molecular formula is C18H24N4O3. The van der Waals surface area contributed by atoms with Crippen molar-refractivity contribution in [1.29, 1.82) is 5.26 Å². The Morgan fingerprint density at radius 1 is 1.16 bits per heavy atom. The molecule has 1 fully saturated rings. The van der Waals surface area contributed by atoms with Crippen LogP contribution in [0.3, 0.4) is 0 Å². The Balaban J connectivity index is 1.85. The highest BCUT2D eigenvalue weighted by Gasteiger charge is 2.23. The summed E-state index contributed by atoms with van der Waals surface area (Å²) in [6.07, 6.45) is 0.389. The fraction of sp³-hybridized carbons (Fsp3) is 0.500. The Bertz CT molecular complexity index is 637. The highest BCUT2D eigenvalue weighted by atomic mass is 16.6. The van der Waals surface area contributed by atoms with E-state index < -0.39 is 0 Å². The van der Waals surface area contributed by atoms with Crippen molar-refractivity contribution in [2.24, 2.45) is 5.92 Å². The van der Waals surface area contributed by atoms with Crippen LogP contribution >= 0.6 is 0 Å². The number of benzene rings is 1. The molecule has 1 aromatic carbocycles. The lowest BCUT2D eigenvalue weighted by molar-refractivity contribution is 0.0934. The summed E-state index contributed by atoms with van der Waals surface area (Å²) in [5, 5.41) is 11.6. The van der Waals surface area contributed by atoms with E-state index in [0.29, 0.717) is 56.4 Å². The van der Waals surface area contributed by atoms with E-state index in [2.05, 4.69) is 5.32 Å². The van der Waals surface area contributed by atoms with Crippen LogP contribution in [0.1, 0.15) is 25.8 Å². The molecule has 7 nitrogen and oxygen atoms in total. The number of nitriles is 1. The molecule has 0 spiro atoms. The fourth-order valence-corrected chi connectivity index (χ4v) is 2.46. The number of nitrogens with zero attached hydrogens (tertiary/aromatic N) is 3. The number of hydrogen-bond donors (Lipinski definition) is 1. The highest BCUT2D eigenvalue weighted by molar-refractivity contribution is 5.89. The number of nitrogens with one attached hydrogen (secondary N) is 1. The third-order valence-electron chi connectivity index (χ3n) is 3.85. The van der Waals surface area contributed by atoms with Crippen LogP contribution in [0.4, 0.5) is 15.3 Å². The Labute approximate surface area is 148 Å². The minimum absolute atomic E-state index is 0.206. The Morgan fingerprint density at radius 3 is 2.44 bits per heavy atom. The van der Waals surface area contributed by atoms with Gasteiger partial charge in [0, 0.05) is 31.9 Å². The number of amides is 3. The summed E-state index contributed by atoms with van der Waals surface area (Å²) in [4.78, 5) is 27.8. The van der Waals surface area contributed by atoms with Gasteiger partial charge in [-0.25, -0.2) is 9.59 Å². The van der Waals surface area contributed by atoms with E-state index >= 15 is 0 Å². The summed E-state index contributed by atoms with van der Waals surface area (Å²) in [7, 11) is 0. The summed E-state index contributed by atoms with van der Waals surface area (Å²) in [5.41, 5.74) is 1.18. The first kappa shape index (κ1) is 18.6. The van der Waals surface area contributed by atoms with Gasteiger partial charge < -0.3 is 19.9 Å². The van der Waals surface area contributed by atoms with Crippen LogP contribution in [-0.2, 0) is 4.74 Å². The molecule has 0 bridgehead atoms. The highest BCUT2D eigenvalue weighted by Crippen LogP contribution is 2.12. The number of rotatable bonds is 3. The van der Waals surface area contributed by atoms with E-state index in [9.17, 15) is 9.59 Å². The zero-order valence-electron chi connectivity index (χ0n) is 14.7. The van der Waals surface area contributed by atoms with Gasteiger partial charge in [0.1, 0.15) is 0 Å². The maximum Gasteiger partial charge on any atom is 0.409 e. The third-order valence-corrected chi connectivity index (χ3v) is 3.85. The van der Waals surface area contributed by atoms with Crippen LogP contribution in [0.2, 0.25) is 0 Å². The predicted octanol–water partition coefficient (Wildman–Crippen LogP) is 2.89. The number of carbonyl (C=O) groups excluding carboxylic acids is 2. The molecule has 0 aliphatic carbocycles. The van der Waals surface area contributed by atoms with Crippen LogP contribution in [0.5, 0.6) is 0 Å². The average molecular weight is 344 g/mol. The number of urea groups is 1. The number of anilines is 1. The SMILES string of the molecule is CC(C)COC(=O)N1CCCN(C(=O)Nc2ccc(C#N)cc2)CC1. The minimum Gasteiger partial charge on any atom is -0.449 e. The quantitative estimate of drug-likeness (QED) is 0.913. The Morgan fingerprint density at radius 2 is 1.80 bits per heavy atom.